The van der Waals surface area contributed by atoms with Gasteiger partial charge in [0.1, 0.15) is 22.6 Å². The van der Waals surface area contributed by atoms with Crippen molar-refractivity contribution in [1.82, 2.24) is 9.88 Å². The zero-order valence-corrected chi connectivity index (χ0v) is 19.6. The summed E-state index contributed by atoms with van der Waals surface area (Å²) in [5, 5.41) is 11.7. The van der Waals surface area contributed by atoms with Crippen LogP contribution in [0.4, 0.5) is 0 Å². The van der Waals surface area contributed by atoms with Crippen molar-refractivity contribution in [2.75, 3.05) is 13.1 Å². The van der Waals surface area contributed by atoms with Crippen molar-refractivity contribution < 1.29 is 9.52 Å². The highest BCUT2D eigenvalue weighted by Gasteiger charge is 2.22. The molecule has 3 heterocycles. The van der Waals surface area contributed by atoms with Gasteiger partial charge in [0.2, 0.25) is 5.43 Å². The van der Waals surface area contributed by atoms with Gasteiger partial charge >= 0.3 is 0 Å². The van der Waals surface area contributed by atoms with E-state index in [0.717, 1.165) is 41.7 Å². The van der Waals surface area contributed by atoms with Crippen molar-refractivity contribution in [3.05, 3.63) is 57.9 Å². The van der Waals surface area contributed by atoms with Crippen LogP contribution in [0.3, 0.4) is 0 Å². The SMILES string of the molecule is CC(C)(C)c1cccc2sc(-c3coc4c(CN5CCCCC5)c(O)ccc4c3=O)nc12. The molecule has 1 aliphatic rings. The summed E-state index contributed by atoms with van der Waals surface area (Å²) in [6, 6.07) is 9.46. The highest BCUT2D eigenvalue weighted by atomic mass is 32.1. The Kier molecular flexibility index (Phi) is 5.30. The summed E-state index contributed by atoms with van der Waals surface area (Å²) in [4.78, 5) is 20.6. The van der Waals surface area contributed by atoms with E-state index >= 15 is 0 Å². The zero-order chi connectivity index (χ0) is 22.5. The van der Waals surface area contributed by atoms with Gasteiger partial charge in [-0.2, -0.15) is 0 Å². The van der Waals surface area contributed by atoms with Crippen LogP contribution < -0.4 is 5.43 Å². The average molecular weight is 449 g/mol. The Morgan fingerprint density at radius 2 is 1.91 bits per heavy atom. The summed E-state index contributed by atoms with van der Waals surface area (Å²) in [6.45, 7) is 9.09. The van der Waals surface area contributed by atoms with Gasteiger partial charge in [0.05, 0.1) is 26.7 Å². The van der Waals surface area contributed by atoms with Crippen LogP contribution in [0.1, 0.15) is 51.2 Å². The molecule has 0 saturated carbocycles. The maximum Gasteiger partial charge on any atom is 0.202 e. The number of fused-ring (bicyclic) bond motifs is 2. The molecule has 1 fully saturated rings. The van der Waals surface area contributed by atoms with Gasteiger partial charge in [-0.15, -0.1) is 11.3 Å². The Balaban J connectivity index is 1.61. The van der Waals surface area contributed by atoms with E-state index in [1.165, 1.54) is 24.0 Å². The van der Waals surface area contributed by atoms with E-state index in [0.29, 0.717) is 33.6 Å². The van der Waals surface area contributed by atoms with Gasteiger partial charge in [-0.25, -0.2) is 4.98 Å². The Bertz CT molecular complexity index is 1360. The topological polar surface area (TPSA) is 66.6 Å². The highest BCUT2D eigenvalue weighted by Crippen LogP contribution is 2.36. The van der Waals surface area contributed by atoms with Gasteiger partial charge in [-0.05, 0) is 55.1 Å². The Morgan fingerprint density at radius 1 is 1.12 bits per heavy atom. The number of likely N-dealkylation sites (tertiary alicyclic amines) is 1. The van der Waals surface area contributed by atoms with Crippen molar-refractivity contribution in [2.24, 2.45) is 0 Å². The molecule has 0 spiro atoms. The molecular formula is C26H28N2O3S. The molecule has 1 saturated heterocycles. The Morgan fingerprint density at radius 3 is 2.66 bits per heavy atom. The molecule has 166 valence electrons. The molecule has 32 heavy (non-hydrogen) atoms. The summed E-state index contributed by atoms with van der Waals surface area (Å²) in [5.41, 5.74) is 3.58. The fourth-order valence-electron chi connectivity index (χ4n) is 4.56. The molecule has 1 N–H and O–H groups in total. The third-order valence-electron chi connectivity index (χ3n) is 6.31. The lowest BCUT2D eigenvalue weighted by Gasteiger charge is -2.26. The van der Waals surface area contributed by atoms with E-state index in [9.17, 15) is 9.90 Å². The Labute approximate surface area is 191 Å². The van der Waals surface area contributed by atoms with E-state index in [4.69, 9.17) is 9.40 Å². The number of piperidine rings is 1. The molecule has 2 aromatic carbocycles. The molecule has 2 aromatic heterocycles. The van der Waals surface area contributed by atoms with Gasteiger partial charge in [-0.3, -0.25) is 9.69 Å². The van der Waals surface area contributed by atoms with Crippen LogP contribution in [-0.2, 0) is 12.0 Å². The molecular weight excluding hydrogens is 420 g/mol. The van der Waals surface area contributed by atoms with Crippen molar-refractivity contribution in [3.63, 3.8) is 0 Å². The fraction of sp³-hybridized carbons (Fsp3) is 0.385. The minimum atomic E-state index is -0.109. The number of benzene rings is 2. The number of hydrogen-bond acceptors (Lipinski definition) is 6. The smallest absolute Gasteiger partial charge is 0.202 e. The van der Waals surface area contributed by atoms with E-state index in [1.54, 1.807) is 12.1 Å². The van der Waals surface area contributed by atoms with Crippen LogP contribution in [0.2, 0.25) is 0 Å². The van der Waals surface area contributed by atoms with Crippen molar-refractivity contribution in [3.8, 4) is 16.3 Å². The standard InChI is InChI=1S/C26H28N2O3S/c1-26(2,3)19-8-7-9-21-22(19)27-25(32-21)18-15-31-24-16(23(18)30)10-11-20(29)17(24)14-28-12-5-4-6-13-28/h7-11,15,29H,4-6,12-14H2,1-3H3. The molecule has 0 radical (unpaired) electrons. The van der Waals surface area contributed by atoms with Crippen LogP contribution >= 0.6 is 11.3 Å². The minimum Gasteiger partial charge on any atom is -0.507 e. The number of aromatic nitrogens is 1. The first kappa shape index (κ1) is 21.2. The lowest BCUT2D eigenvalue weighted by molar-refractivity contribution is 0.218. The molecule has 1 aliphatic heterocycles. The largest absolute Gasteiger partial charge is 0.507 e. The minimum absolute atomic E-state index is 0.0419. The lowest BCUT2D eigenvalue weighted by Crippen LogP contribution is -2.29. The number of phenols is 1. The van der Waals surface area contributed by atoms with Crippen molar-refractivity contribution in [2.45, 2.75) is 52.0 Å². The second-order valence-corrected chi connectivity index (χ2v) is 10.7. The summed E-state index contributed by atoms with van der Waals surface area (Å²) in [6.07, 6.45) is 5.08. The van der Waals surface area contributed by atoms with Gasteiger partial charge in [0, 0.05) is 6.54 Å². The monoisotopic (exact) mass is 448 g/mol. The summed E-state index contributed by atoms with van der Waals surface area (Å²) < 4.78 is 7.06. The number of thiazole rings is 1. The highest BCUT2D eigenvalue weighted by molar-refractivity contribution is 7.21. The van der Waals surface area contributed by atoms with E-state index in [1.807, 2.05) is 12.1 Å². The van der Waals surface area contributed by atoms with E-state index < -0.39 is 0 Å². The lowest BCUT2D eigenvalue weighted by atomic mass is 9.86. The number of para-hydroxylation sites is 1. The first-order valence-electron chi connectivity index (χ1n) is 11.2. The summed E-state index contributed by atoms with van der Waals surface area (Å²) in [5.74, 6) is 0.175. The van der Waals surface area contributed by atoms with Crippen molar-refractivity contribution in [1.29, 1.82) is 0 Å². The maximum absolute atomic E-state index is 13.5. The number of aromatic hydroxyl groups is 1. The second kappa shape index (κ2) is 8.01. The van der Waals surface area contributed by atoms with Crippen LogP contribution in [0.15, 0.2) is 45.8 Å². The van der Waals surface area contributed by atoms with Gasteiger partial charge < -0.3 is 9.52 Å². The quantitative estimate of drug-likeness (QED) is 0.413. The van der Waals surface area contributed by atoms with Gasteiger partial charge in [0.15, 0.2) is 0 Å². The molecule has 4 aromatic rings. The third-order valence-corrected chi connectivity index (χ3v) is 7.36. The van der Waals surface area contributed by atoms with E-state index in [-0.39, 0.29) is 16.6 Å². The number of hydrogen-bond donors (Lipinski definition) is 1. The molecule has 0 amide bonds. The predicted octanol–water partition coefficient (Wildman–Crippen LogP) is 6.06. The third kappa shape index (κ3) is 3.71. The zero-order valence-electron chi connectivity index (χ0n) is 18.8. The molecule has 0 bridgehead atoms. The maximum atomic E-state index is 13.5. The predicted molar refractivity (Wildman–Crippen MR) is 131 cm³/mol. The molecule has 5 rings (SSSR count). The molecule has 6 heteroatoms. The molecule has 0 aliphatic carbocycles. The van der Waals surface area contributed by atoms with E-state index in [2.05, 4.69) is 31.7 Å². The number of rotatable bonds is 3. The first-order valence-corrected chi connectivity index (χ1v) is 12.0. The number of nitrogens with zero attached hydrogens (tertiary/aromatic N) is 2. The molecule has 0 atom stereocenters. The Hall–Kier alpha value is -2.70. The van der Waals surface area contributed by atoms with Gasteiger partial charge in [0.25, 0.3) is 0 Å². The van der Waals surface area contributed by atoms with Crippen LogP contribution in [-0.4, -0.2) is 28.1 Å². The van der Waals surface area contributed by atoms with Crippen molar-refractivity contribution >= 4 is 32.5 Å². The fourth-order valence-corrected chi connectivity index (χ4v) is 5.55. The summed E-state index contributed by atoms with van der Waals surface area (Å²) in [7, 11) is 0. The molecule has 5 nitrogen and oxygen atoms in total. The number of phenolic OH excluding ortho intramolecular Hbond substituents is 1. The average Bonchev–Trinajstić information content (AvgIpc) is 3.20. The molecule has 0 unspecified atom stereocenters. The second-order valence-electron chi connectivity index (χ2n) is 9.68. The normalized spacial score (nSPS) is 15.6. The summed E-state index contributed by atoms with van der Waals surface area (Å²) >= 11 is 1.51. The van der Waals surface area contributed by atoms with Crippen LogP contribution in [0.5, 0.6) is 5.75 Å². The first-order chi connectivity index (χ1) is 15.3. The van der Waals surface area contributed by atoms with Gasteiger partial charge in [-0.1, -0.05) is 39.3 Å². The van der Waals surface area contributed by atoms with Crippen LogP contribution in [0.25, 0.3) is 31.8 Å². The van der Waals surface area contributed by atoms with Crippen LogP contribution in [0, 0.1) is 0 Å².